The summed E-state index contributed by atoms with van der Waals surface area (Å²) in [7, 11) is 4.96. The van der Waals surface area contributed by atoms with Crippen LogP contribution in [0.4, 0.5) is 0 Å². The lowest BCUT2D eigenvalue weighted by Crippen LogP contribution is -2.42. The van der Waals surface area contributed by atoms with Crippen LogP contribution in [0.25, 0.3) is 0 Å². The zero-order valence-corrected chi connectivity index (χ0v) is 12.6. The molecule has 1 unspecified atom stereocenters. The first kappa shape index (κ1) is 15.4. The molecule has 2 aliphatic rings. The van der Waals surface area contributed by atoms with Crippen molar-refractivity contribution in [1.29, 1.82) is 0 Å². The van der Waals surface area contributed by atoms with Gasteiger partial charge in [0.1, 0.15) is 24.4 Å². The lowest BCUT2D eigenvalue weighted by atomic mass is 9.99. The summed E-state index contributed by atoms with van der Waals surface area (Å²) in [6.45, 7) is 4.28. The second kappa shape index (κ2) is 6.19. The molecule has 112 valence electrons. The zero-order valence-electron chi connectivity index (χ0n) is 11.8. The molecule has 2 heterocycles. The minimum Gasteiger partial charge on any atom is -0.387 e. The van der Waals surface area contributed by atoms with Crippen LogP contribution in [-0.4, -0.2) is 67.4 Å². The van der Waals surface area contributed by atoms with Gasteiger partial charge in [0.2, 0.25) is 0 Å². The number of thiocarbonyl (C=S) groups is 1. The lowest BCUT2D eigenvalue weighted by molar-refractivity contribution is -0.0424. The van der Waals surface area contributed by atoms with E-state index in [4.69, 9.17) is 26.4 Å². The van der Waals surface area contributed by atoms with Gasteiger partial charge in [-0.2, -0.15) is 0 Å². The summed E-state index contributed by atoms with van der Waals surface area (Å²) in [5, 5.41) is 13.9. The Morgan fingerprint density at radius 2 is 2.25 bits per heavy atom. The molecule has 0 aliphatic carbocycles. The Morgan fingerprint density at radius 1 is 1.55 bits per heavy atom. The van der Waals surface area contributed by atoms with Gasteiger partial charge in [0.15, 0.2) is 5.11 Å². The van der Waals surface area contributed by atoms with E-state index < -0.39 is 18.3 Å². The molecule has 2 N–H and O–H groups in total. The largest absolute Gasteiger partial charge is 0.387 e. The third-order valence-corrected chi connectivity index (χ3v) is 3.89. The summed E-state index contributed by atoms with van der Waals surface area (Å²) < 4.78 is 16.3. The fraction of sp³-hybridized carbons (Fsp3) is 0.615. The van der Waals surface area contributed by atoms with Crippen molar-refractivity contribution in [3.8, 4) is 0 Å². The fourth-order valence-corrected chi connectivity index (χ4v) is 2.64. The van der Waals surface area contributed by atoms with Crippen molar-refractivity contribution in [2.24, 2.45) is 0 Å². The third kappa shape index (κ3) is 2.72. The number of ether oxygens (including phenoxy) is 3. The van der Waals surface area contributed by atoms with Crippen LogP contribution in [0.15, 0.2) is 24.0 Å². The van der Waals surface area contributed by atoms with Crippen LogP contribution < -0.4 is 5.32 Å². The van der Waals surface area contributed by atoms with Crippen LogP contribution in [0, 0.1) is 0 Å². The van der Waals surface area contributed by atoms with Gasteiger partial charge in [-0.05, 0) is 12.2 Å². The highest BCUT2D eigenvalue weighted by molar-refractivity contribution is 7.80. The van der Waals surface area contributed by atoms with Gasteiger partial charge in [0.05, 0.1) is 6.61 Å². The summed E-state index contributed by atoms with van der Waals surface area (Å²) in [6, 6.07) is 0. The number of hydrogen-bond donors (Lipinski definition) is 2. The summed E-state index contributed by atoms with van der Waals surface area (Å²) >= 11 is 5.13. The van der Waals surface area contributed by atoms with Gasteiger partial charge in [-0.3, -0.25) is 0 Å². The first-order chi connectivity index (χ1) is 9.49. The number of aliphatic hydroxyl groups excluding tert-OH is 1. The Balaban J connectivity index is 2.22. The monoisotopic (exact) mass is 300 g/mol. The highest BCUT2D eigenvalue weighted by Gasteiger charge is 2.46. The minimum atomic E-state index is -0.787. The molecule has 0 radical (unpaired) electrons. The maximum absolute atomic E-state index is 10.4. The SMILES string of the molecule is C=C1NC(=S)N(C)C=C1[C@@H]1O[C@H](COC)C(OC)[C@@H]1O. The van der Waals surface area contributed by atoms with Crippen LogP contribution in [0.3, 0.4) is 0 Å². The molecule has 0 aromatic rings. The number of nitrogens with zero attached hydrogens (tertiary/aromatic N) is 1. The van der Waals surface area contributed by atoms with E-state index in [9.17, 15) is 5.11 Å². The smallest absolute Gasteiger partial charge is 0.177 e. The first-order valence-corrected chi connectivity index (χ1v) is 6.70. The zero-order chi connectivity index (χ0) is 14.9. The molecule has 1 fully saturated rings. The quantitative estimate of drug-likeness (QED) is 0.708. The van der Waals surface area contributed by atoms with Crippen LogP contribution in [-0.2, 0) is 14.2 Å². The van der Waals surface area contributed by atoms with Crippen molar-refractivity contribution < 1.29 is 19.3 Å². The fourth-order valence-electron chi connectivity index (χ4n) is 2.47. The molecule has 0 amide bonds. The van der Waals surface area contributed by atoms with Gasteiger partial charge >= 0.3 is 0 Å². The van der Waals surface area contributed by atoms with Gasteiger partial charge < -0.3 is 29.5 Å². The lowest BCUT2D eigenvalue weighted by Gasteiger charge is -2.30. The van der Waals surface area contributed by atoms with E-state index >= 15 is 0 Å². The molecule has 4 atom stereocenters. The average molecular weight is 300 g/mol. The van der Waals surface area contributed by atoms with E-state index in [0.29, 0.717) is 17.4 Å². The Bertz CT molecular complexity index is 440. The summed E-state index contributed by atoms with van der Waals surface area (Å²) in [6.07, 6.45) is -0.252. The topological polar surface area (TPSA) is 63.2 Å². The van der Waals surface area contributed by atoms with E-state index in [1.807, 2.05) is 13.2 Å². The number of nitrogens with one attached hydrogen (secondary N) is 1. The van der Waals surface area contributed by atoms with E-state index in [-0.39, 0.29) is 6.10 Å². The standard InChI is InChI=1S/C13H20N2O4S/c1-7-8(5-15(2)13(20)14-7)11-10(16)12(18-4)9(19-11)6-17-3/h5,9-12,16H,1,6H2,2-4H3,(H,14,20)/t9-,10-,11+,12?/m1/s1. The van der Waals surface area contributed by atoms with Gasteiger partial charge in [0, 0.05) is 38.7 Å². The van der Waals surface area contributed by atoms with Crippen molar-refractivity contribution in [3.63, 3.8) is 0 Å². The molecule has 0 saturated carbocycles. The number of rotatable bonds is 4. The molecule has 2 aliphatic heterocycles. The molecule has 1 saturated heterocycles. The third-order valence-electron chi connectivity index (χ3n) is 3.50. The normalized spacial score (nSPS) is 34.2. The number of hydrogen-bond acceptors (Lipinski definition) is 5. The van der Waals surface area contributed by atoms with Crippen molar-refractivity contribution in [3.05, 3.63) is 24.0 Å². The summed E-state index contributed by atoms with van der Waals surface area (Å²) in [4.78, 5) is 1.75. The Labute approximate surface area is 124 Å². The predicted octanol–water partition coefficient (Wildman–Crippen LogP) is -0.00640. The first-order valence-electron chi connectivity index (χ1n) is 6.29. The second-order valence-corrected chi connectivity index (χ2v) is 5.23. The van der Waals surface area contributed by atoms with E-state index in [1.165, 1.54) is 0 Å². The van der Waals surface area contributed by atoms with Gasteiger partial charge in [-0.15, -0.1) is 0 Å². The second-order valence-electron chi connectivity index (χ2n) is 4.85. The molecular formula is C13H20N2O4S. The van der Waals surface area contributed by atoms with Gasteiger partial charge in [0.25, 0.3) is 0 Å². The van der Waals surface area contributed by atoms with Crippen LogP contribution in [0.1, 0.15) is 0 Å². The Morgan fingerprint density at radius 3 is 2.85 bits per heavy atom. The van der Waals surface area contributed by atoms with Crippen LogP contribution >= 0.6 is 12.2 Å². The number of methoxy groups -OCH3 is 2. The molecule has 6 nitrogen and oxygen atoms in total. The average Bonchev–Trinajstić information content (AvgIpc) is 2.71. The Kier molecular flexibility index (Phi) is 4.77. The van der Waals surface area contributed by atoms with Crippen LogP contribution in [0.5, 0.6) is 0 Å². The van der Waals surface area contributed by atoms with E-state index in [0.717, 1.165) is 5.57 Å². The Hall–Kier alpha value is -0.990. The number of aliphatic hydroxyl groups is 1. The van der Waals surface area contributed by atoms with Gasteiger partial charge in [-0.25, -0.2) is 0 Å². The van der Waals surface area contributed by atoms with E-state index in [1.54, 1.807) is 19.1 Å². The molecule has 2 rings (SSSR count). The molecule has 0 bridgehead atoms. The molecule has 0 aromatic carbocycles. The molecular weight excluding hydrogens is 280 g/mol. The summed E-state index contributed by atoms with van der Waals surface area (Å²) in [5.74, 6) is 0. The highest BCUT2D eigenvalue weighted by atomic mass is 32.1. The highest BCUT2D eigenvalue weighted by Crippen LogP contribution is 2.32. The van der Waals surface area contributed by atoms with Crippen molar-refractivity contribution in [2.45, 2.75) is 24.4 Å². The summed E-state index contributed by atoms with van der Waals surface area (Å²) in [5.41, 5.74) is 1.39. The molecule has 20 heavy (non-hydrogen) atoms. The molecule has 0 aromatic heterocycles. The molecule has 0 spiro atoms. The maximum atomic E-state index is 10.4. The van der Waals surface area contributed by atoms with Crippen molar-refractivity contribution in [1.82, 2.24) is 10.2 Å². The predicted molar refractivity (Wildman–Crippen MR) is 78.1 cm³/mol. The minimum absolute atomic E-state index is 0.321. The maximum Gasteiger partial charge on any atom is 0.177 e. The molecule has 7 heteroatoms. The van der Waals surface area contributed by atoms with Gasteiger partial charge in [-0.1, -0.05) is 6.58 Å². The van der Waals surface area contributed by atoms with Crippen LogP contribution in [0.2, 0.25) is 0 Å². The van der Waals surface area contributed by atoms with E-state index in [2.05, 4.69) is 11.9 Å². The van der Waals surface area contributed by atoms with Crippen molar-refractivity contribution in [2.75, 3.05) is 27.9 Å². The van der Waals surface area contributed by atoms with Crippen molar-refractivity contribution >= 4 is 17.3 Å².